The summed E-state index contributed by atoms with van der Waals surface area (Å²) in [5.74, 6) is 0. The van der Waals surface area contributed by atoms with Gasteiger partial charge in [-0.15, -0.1) is 0 Å². The van der Waals surface area contributed by atoms with Crippen LogP contribution in [0.15, 0.2) is 53.8 Å². The van der Waals surface area contributed by atoms with Crippen molar-refractivity contribution in [3.05, 3.63) is 54.2 Å². The second kappa shape index (κ2) is 5.80. The average molecular weight is 226 g/mol. The van der Waals surface area contributed by atoms with Crippen molar-refractivity contribution in [2.24, 2.45) is 5.16 Å². The standard InChI is InChI=1S/C14H14N2O/c1-2-17-16-11-12-7-3-4-8-13(12)14-9-5-6-10-15-14/h3-11H,2H2,1H3/b16-11+. The van der Waals surface area contributed by atoms with Crippen molar-refractivity contribution in [1.29, 1.82) is 0 Å². The van der Waals surface area contributed by atoms with E-state index in [-0.39, 0.29) is 0 Å². The number of oxime groups is 1. The van der Waals surface area contributed by atoms with E-state index in [2.05, 4.69) is 10.1 Å². The minimum absolute atomic E-state index is 0.572. The van der Waals surface area contributed by atoms with Gasteiger partial charge in [-0.05, 0) is 19.1 Å². The molecule has 3 heteroatoms. The third kappa shape index (κ3) is 2.91. The Bertz CT molecular complexity index is 495. The second-order valence-electron chi connectivity index (χ2n) is 3.45. The molecule has 1 aromatic heterocycles. The SMILES string of the molecule is CCO/N=C/c1ccccc1-c1ccccn1. The number of nitrogens with zero attached hydrogens (tertiary/aromatic N) is 2. The summed E-state index contributed by atoms with van der Waals surface area (Å²) in [6.07, 6.45) is 3.50. The maximum absolute atomic E-state index is 4.98. The van der Waals surface area contributed by atoms with Crippen molar-refractivity contribution in [3.63, 3.8) is 0 Å². The van der Waals surface area contributed by atoms with Gasteiger partial charge in [-0.1, -0.05) is 35.5 Å². The number of pyridine rings is 1. The van der Waals surface area contributed by atoms with Gasteiger partial charge in [0.2, 0.25) is 0 Å². The Morgan fingerprint density at radius 2 is 2.00 bits per heavy atom. The van der Waals surface area contributed by atoms with Crippen molar-refractivity contribution in [3.8, 4) is 11.3 Å². The molecular formula is C14H14N2O. The zero-order chi connectivity index (χ0) is 11.9. The van der Waals surface area contributed by atoms with Crippen LogP contribution in [-0.2, 0) is 4.84 Å². The Kier molecular flexibility index (Phi) is 3.86. The van der Waals surface area contributed by atoms with Crippen molar-refractivity contribution in [2.45, 2.75) is 6.92 Å². The highest BCUT2D eigenvalue weighted by atomic mass is 16.6. The van der Waals surface area contributed by atoms with Crippen molar-refractivity contribution >= 4 is 6.21 Å². The molecule has 0 aliphatic heterocycles. The van der Waals surface area contributed by atoms with Crippen LogP contribution in [0, 0.1) is 0 Å². The van der Waals surface area contributed by atoms with Crippen LogP contribution in [-0.4, -0.2) is 17.8 Å². The van der Waals surface area contributed by atoms with Crippen molar-refractivity contribution in [1.82, 2.24) is 4.98 Å². The third-order valence-corrected chi connectivity index (χ3v) is 2.30. The number of hydrogen-bond donors (Lipinski definition) is 0. The van der Waals surface area contributed by atoms with Crippen LogP contribution >= 0.6 is 0 Å². The van der Waals surface area contributed by atoms with E-state index < -0.39 is 0 Å². The Hall–Kier alpha value is -2.16. The third-order valence-electron chi connectivity index (χ3n) is 2.30. The van der Waals surface area contributed by atoms with E-state index in [1.54, 1.807) is 12.4 Å². The first-order valence-electron chi connectivity index (χ1n) is 5.57. The summed E-state index contributed by atoms with van der Waals surface area (Å²) in [4.78, 5) is 9.31. The van der Waals surface area contributed by atoms with Gasteiger partial charge in [0.15, 0.2) is 0 Å². The molecule has 2 aromatic rings. The molecule has 0 saturated carbocycles. The zero-order valence-electron chi connectivity index (χ0n) is 9.71. The first-order valence-corrected chi connectivity index (χ1v) is 5.57. The van der Waals surface area contributed by atoms with E-state index in [1.165, 1.54) is 0 Å². The minimum Gasteiger partial charge on any atom is -0.396 e. The maximum Gasteiger partial charge on any atom is 0.114 e. The second-order valence-corrected chi connectivity index (χ2v) is 3.45. The first-order chi connectivity index (χ1) is 8.42. The monoisotopic (exact) mass is 226 g/mol. The molecule has 0 spiro atoms. The van der Waals surface area contributed by atoms with Gasteiger partial charge in [0, 0.05) is 17.3 Å². The summed E-state index contributed by atoms with van der Waals surface area (Å²) in [5.41, 5.74) is 2.99. The quantitative estimate of drug-likeness (QED) is 0.593. The Morgan fingerprint density at radius 3 is 2.76 bits per heavy atom. The molecule has 1 heterocycles. The van der Waals surface area contributed by atoms with E-state index in [4.69, 9.17) is 4.84 Å². The summed E-state index contributed by atoms with van der Waals surface area (Å²) in [7, 11) is 0. The van der Waals surface area contributed by atoms with E-state index in [0.29, 0.717) is 6.61 Å². The largest absolute Gasteiger partial charge is 0.396 e. The lowest BCUT2D eigenvalue weighted by molar-refractivity contribution is 0.160. The molecule has 0 aliphatic rings. The molecule has 0 unspecified atom stereocenters. The van der Waals surface area contributed by atoms with Crippen LogP contribution in [0.25, 0.3) is 11.3 Å². The number of hydrogen-bond acceptors (Lipinski definition) is 3. The van der Waals surface area contributed by atoms with Gasteiger partial charge in [-0.25, -0.2) is 0 Å². The minimum atomic E-state index is 0.572. The highest BCUT2D eigenvalue weighted by Gasteiger charge is 2.02. The number of benzene rings is 1. The van der Waals surface area contributed by atoms with Gasteiger partial charge in [-0.2, -0.15) is 0 Å². The lowest BCUT2D eigenvalue weighted by atomic mass is 10.1. The fraction of sp³-hybridized carbons (Fsp3) is 0.143. The Morgan fingerprint density at radius 1 is 1.18 bits per heavy atom. The van der Waals surface area contributed by atoms with E-state index in [0.717, 1.165) is 16.8 Å². The lowest BCUT2D eigenvalue weighted by Gasteiger charge is -2.04. The molecule has 1 aromatic carbocycles. The smallest absolute Gasteiger partial charge is 0.114 e. The summed E-state index contributed by atoms with van der Waals surface area (Å²) in [6.45, 7) is 2.48. The molecular weight excluding hydrogens is 212 g/mol. The topological polar surface area (TPSA) is 34.5 Å². The molecule has 0 amide bonds. The highest BCUT2D eigenvalue weighted by molar-refractivity contribution is 5.89. The predicted octanol–water partition coefficient (Wildman–Crippen LogP) is 3.12. The number of aromatic nitrogens is 1. The molecule has 3 nitrogen and oxygen atoms in total. The van der Waals surface area contributed by atoms with Crippen LogP contribution in [0.5, 0.6) is 0 Å². The van der Waals surface area contributed by atoms with Gasteiger partial charge >= 0.3 is 0 Å². The number of rotatable bonds is 4. The van der Waals surface area contributed by atoms with Gasteiger partial charge in [0.1, 0.15) is 6.61 Å². The molecule has 0 saturated heterocycles. The average Bonchev–Trinajstić information content (AvgIpc) is 2.41. The normalized spacial score (nSPS) is 10.6. The molecule has 0 N–H and O–H groups in total. The predicted molar refractivity (Wildman–Crippen MR) is 68.9 cm³/mol. The molecule has 17 heavy (non-hydrogen) atoms. The Labute approximate surface area is 101 Å². The first kappa shape index (κ1) is 11.3. The fourth-order valence-corrected chi connectivity index (χ4v) is 1.53. The molecule has 0 atom stereocenters. The van der Waals surface area contributed by atoms with Crippen LogP contribution < -0.4 is 0 Å². The molecule has 0 bridgehead atoms. The summed E-state index contributed by atoms with van der Waals surface area (Å²) >= 11 is 0. The highest BCUT2D eigenvalue weighted by Crippen LogP contribution is 2.19. The van der Waals surface area contributed by atoms with Gasteiger partial charge in [0.25, 0.3) is 0 Å². The zero-order valence-corrected chi connectivity index (χ0v) is 9.71. The van der Waals surface area contributed by atoms with E-state index in [1.807, 2.05) is 49.4 Å². The van der Waals surface area contributed by atoms with Crippen LogP contribution in [0.3, 0.4) is 0 Å². The molecule has 86 valence electrons. The van der Waals surface area contributed by atoms with Crippen molar-refractivity contribution in [2.75, 3.05) is 6.61 Å². The summed E-state index contributed by atoms with van der Waals surface area (Å²) in [5, 5.41) is 3.89. The molecule has 0 radical (unpaired) electrons. The van der Waals surface area contributed by atoms with Gasteiger partial charge in [-0.3, -0.25) is 4.98 Å². The van der Waals surface area contributed by atoms with Gasteiger partial charge < -0.3 is 4.84 Å². The maximum atomic E-state index is 4.98. The van der Waals surface area contributed by atoms with Crippen LogP contribution in [0.4, 0.5) is 0 Å². The van der Waals surface area contributed by atoms with Crippen LogP contribution in [0.1, 0.15) is 12.5 Å². The summed E-state index contributed by atoms with van der Waals surface area (Å²) in [6, 6.07) is 13.8. The van der Waals surface area contributed by atoms with E-state index in [9.17, 15) is 0 Å². The fourth-order valence-electron chi connectivity index (χ4n) is 1.53. The van der Waals surface area contributed by atoms with E-state index >= 15 is 0 Å². The van der Waals surface area contributed by atoms with Crippen LogP contribution in [0.2, 0.25) is 0 Å². The molecule has 2 rings (SSSR count). The molecule has 0 fully saturated rings. The lowest BCUT2D eigenvalue weighted by Crippen LogP contribution is -1.90. The van der Waals surface area contributed by atoms with Gasteiger partial charge in [0.05, 0.1) is 11.9 Å². The summed E-state index contributed by atoms with van der Waals surface area (Å²) < 4.78 is 0. The van der Waals surface area contributed by atoms with Crippen molar-refractivity contribution < 1.29 is 4.84 Å². The molecule has 0 aliphatic carbocycles. The Balaban J connectivity index is 2.34.